The van der Waals surface area contributed by atoms with Crippen LogP contribution in [0, 0.1) is 6.92 Å². The van der Waals surface area contributed by atoms with Crippen LogP contribution in [0.15, 0.2) is 17.1 Å². The van der Waals surface area contributed by atoms with Crippen molar-refractivity contribution in [3.05, 3.63) is 21.9 Å². The van der Waals surface area contributed by atoms with Crippen molar-refractivity contribution >= 4 is 41.3 Å². The number of morpholine rings is 1. The molecule has 0 bridgehead atoms. The van der Waals surface area contributed by atoms with Crippen molar-refractivity contribution in [2.45, 2.75) is 32.7 Å². The third kappa shape index (κ3) is 6.85. The fourth-order valence-corrected chi connectivity index (χ4v) is 3.74. The third-order valence-electron chi connectivity index (χ3n) is 4.09. The molecule has 1 unspecified atom stereocenters. The number of rotatable bonds is 7. The number of ether oxygens (including phenoxy) is 1. The van der Waals surface area contributed by atoms with E-state index in [4.69, 9.17) is 4.74 Å². The molecule has 1 aromatic rings. The van der Waals surface area contributed by atoms with Gasteiger partial charge in [-0.1, -0.05) is 13.3 Å². The Balaban J connectivity index is 0.00000288. The number of unbranched alkanes of at least 4 members (excludes halogenated alkanes) is 1. The topological polar surface area (TPSA) is 48.9 Å². The van der Waals surface area contributed by atoms with Gasteiger partial charge in [0.15, 0.2) is 5.96 Å². The molecule has 24 heavy (non-hydrogen) atoms. The first-order valence-electron chi connectivity index (χ1n) is 8.57. The Morgan fingerprint density at radius 3 is 2.67 bits per heavy atom. The van der Waals surface area contributed by atoms with Crippen molar-refractivity contribution in [3.63, 3.8) is 0 Å². The van der Waals surface area contributed by atoms with Crippen molar-refractivity contribution in [1.29, 1.82) is 0 Å². The number of hydrogen-bond donors (Lipinski definition) is 2. The molecule has 0 aliphatic carbocycles. The molecule has 1 fully saturated rings. The summed E-state index contributed by atoms with van der Waals surface area (Å²) in [6.07, 6.45) is 2.35. The van der Waals surface area contributed by atoms with E-state index >= 15 is 0 Å². The van der Waals surface area contributed by atoms with Gasteiger partial charge in [0.2, 0.25) is 0 Å². The third-order valence-corrected chi connectivity index (χ3v) is 5.19. The number of aliphatic imine (C=N–C) groups is 1. The summed E-state index contributed by atoms with van der Waals surface area (Å²) in [7, 11) is 1.83. The highest BCUT2D eigenvalue weighted by molar-refractivity contribution is 14.0. The maximum atomic E-state index is 5.51. The normalized spacial score (nSPS) is 17.2. The molecule has 1 saturated heterocycles. The molecule has 0 amide bonds. The van der Waals surface area contributed by atoms with Crippen molar-refractivity contribution in [1.82, 2.24) is 15.5 Å². The molecule has 0 aromatic carbocycles. The quantitative estimate of drug-likeness (QED) is 0.281. The molecule has 2 rings (SSSR count). The molecular weight excluding hydrogens is 435 g/mol. The first-order chi connectivity index (χ1) is 11.2. The molecule has 1 atom stereocenters. The molecule has 2 N–H and O–H groups in total. The van der Waals surface area contributed by atoms with Crippen LogP contribution in [0.3, 0.4) is 0 Å². The molecule has 0 spiro atoms. The Kier molecular flexibility index (Phi) is 10.9. The first kappa shape index (κ1) is 21.7. The van der Waals surface area contributed by atoms with Crippen molar-refractivity contribution in [3.8, 4) is 0 Å². The van der Waals surface area contributed by atoms with Crippen LogP contribution < -0.4 is 10.6 Å². The number of nitrogens with zero attached hydrogens (tertiary/aromatic N) is 2. The maximum Gasteiger partial charge on any atom is 0.191 e. The van der Waals surface area contributed by atoms with E-state index in [9.17, 15) is 0 Å². The second-order valence-electron chi connectivity index (χ2n) is 5.85. The summed E-state index contributed by atoms with van der Waals surface area (Å²) in [5.41, 5.74) is 0. The minimum Gasteiger partial charge on any atom is -0.379 e. The van der Waals surface area contributed by atoms with E-state index in [1.165, 1.54) is 16.2 Å². The van der Waals surface area contributed by atoms with Gasteiger partial charge in [-0.2, -0.15) is 0 Å². The Hall–Kier alpha value is -0.380. The molecule has 0 radical (unpaired) electrons. The predicted octanol–water partition coefficient (Wildman–Crippen LogP) is 3.01. The minimum absolute atomic E-state index is 0. The van der Waals surface area contributed by atoms with Crippen molar-refractivity contribution < 1.29 is 4.74 Å². The molecule has 138 valence electrons. The number of halogens is 1. The van der Waals surface area contributed by atoms with E-state index < -0.39 is 0 Å². The predicted molar refractivity (Wildman–Crippen MR) is 114 cm³/mol. The van der Waals surface area contributed by atoms with Crippen LogP contribution >= 0.6 is 35.3 Å². The zero-order valence-corrected chi connectivity index (χ0v) is 18.2. The van der Waals surface area contributed by atoms with Crippen LogP contribution in [0.1, 0.15) is 35.6 Å². The van der Waals surface area contributed by atoms with E-state index in [1.807, 2.05) is 18.4 Å². The SMILES string of the molecule is CCCCNC(=NC)NCC(c1ccc(C)s1)N1CCOCC1.I. The summed E-state index contributed by atoms with van der Waals surface area (Å²) < 4.78 is 5.51. The van der Waals surface area contributed by atoms with Crippen LogP contribution in [0.4, 0.5) is 0 Å². The standard InChI is InChI=1S/C17H30N4OS.HI/c1-4-5-8-19-17(18-3)20-13-15(16-7-6-14(2)23-16)21-9-11-22-12-10-21;/h6-7,15H,4-5,8-13H2,1-3H3,(H2,18,19,20);1H. The lowest BCUT2D eigenvalue weighted by Crippen LogP contribution is -2.46. The van der Waals surface area contributed by atoms with Crippen LogP contribution in [-0.4, -0.2) is 57.3 Å². The van der Waals surface area contributed by atoms with Gasteiger partial charge in [0.25, 0.3) is 0 Å². The second kappa shape index (κ2) is 12.1. The van der Waals surface area contributed by atoms with E-state index in [0.29, 0.717) is 6.04 Å². The lowest BCUT2D eigenvalue weighted by molar-refractivity contribution is 0.0177. The van der Waals surface area contributed by atoms with Gasteiger partial charge in [-0.25, -0.2) is 0 Å². The highest BCUT2D eigenvalue weighted by Crippen LogP contribution is 2.27. The second-order valence-corrected chi connectivity index (χ2v) is 7.17. The molecule has 7 heteroatoms. The smallest absolute Gasteiger partial charge is 0.191 e. The van der Waals surface area contributed by atoms with Gasteiger partial charge in [-0.3, -0.25) is 9.89 Å². The van der Waals surface area contributed by atoms with E-state index in [0.717, 1.165) is 51.8 Å². The largest absolute Gasteiger partial charge is 0.379 e. The minimum atomic E-state index is 0. The highest BCUT2D eigenvalue weighted by atomic mass is 127. The van der Waals surface area contributed by atoms with Gasteiger partial charge in [-0.15, -0.1) is 35.3 Å². The van der Waals surface area contributed by atoms with Crippen LogP contribution in [0.2, 0.25) is 0 Å². The van der Waals surface area contributed by atoms with Gasteiger partial charge >= 0.3 is 0 Å². The lowest BCUT2D eigenvalue weighted by Gasteiger charge is -2.34. The molecule has 0 saturated carbocycles. The summed E-state index contributed by atoms with van der Waals surface area (Å²) >= 11 is 1.89. The zero-order valence-electron chi connectivity index (χ0n) is 15.0. The van der Waals surface area contributed by atoms with E-state index in [1.54, 1.807) is 0 Å². The van der Waals surface area contributed by atoms with Crippen molar-refractivity contribution in [2.75, 3.05) is 46.4 Å². The van der Waals surface area contributed by atoms with Crippen LogP contribution in [0.5, 0.6) is 0 Å². The zero-order chi connectivity index (χ0) is 16.5. The highest BCUT2D eigenvalue weighted by Gasteiger charge is 2.24. The van der Waals surface area contributed by atoms with Gasteiger partial charge in [0, 0.05) is 43.0 Å². The maximum absolute atomic E-state index is 5.51. The van der Waals surface area contributed by atoms with Crippen LogP contribution in [-0.2, 0) is 4.74 Å². The number of thiophene rings is 1. The average molecular weight is 466 g/mol. The summed E-state index contributed by atoms with van der Waals surface area (Å²) in [5, 5.41) is 6.88. The number of guanidine groups is 1. The van der Waals surface area contributed by atoms with Gasteiger partial charge < -0.3 is 15.4 Å². The van der Waals surface area contributed by atoms with Gasteiger partial charge in [0.05, 0.1) is 19.3 Å². The van der Waals surface area contributed by atoms with Crippen molar-refractivity contribution in [2.24, 2.45) is 4.99 Å². The Morgan fingerprint density at radius 2 is 2.08 bits per heavy atom. The van der Waals surface area contributed by atoms with Gasteiger partial charge in [-0.05, 0) is 25.5 Å². The number of hydrogen-bond acceptors (Lipinski definition) is 4. The van der Waals surface area contributed by atoms with Gasteiger partial charge in [0.1, 0.15) is 0 Å². The van der Waals surface area contributed by atoms with E-state index in [-0.39, 0.29) is 24.0 Å². The monoisotopic (exact) mass is 466 g/mol. The van der Waals surface area contributed by atoms with Crippen LogP contribution in [0.25, 0.3) is 0 Å². The molecular formula is C17H31IN4OS. The Morgan fingerprint density at radius 1 is 1.33 bits per heavy atom. The summed E-state index contributed by atoms with van der Waals surface area (Å²) in [5.74, 6) is 0.894. The number of nitrogens with one attached hydrogen (secondary N) is 2. The molecule has 1 aromatic heterocycles. The first-order valence-corrected chi connectivity index (χ1v) is 9.39. The Labute approximate surface area is 167 Å². The molecule has 1 aliphatic heterocycles. The summed E-state index contributed by atoms with van der Waals surface area (Å²) in [6, 6.07) is 4.85. The Bertz CT molecular complexity index is 489. The fourth-order valence-electron chi connectivity index (χ4n) is 2.73. The number of aryl methyl sites for hydroxylation is 1. The lowest BCUT2D eigenvalue weighted by atomic mass is 10.2. The van der Waals surface area contributed by atoms with E-state index in [2.05, 4.69) is 46.5 Å². The fraction of sp³-hybridized carbons (Fsp3) is 0.706. The molecule has 2 heterocycles. The summed E-state index contributed by atoms with van der Waals surface area (Å²) in [4.78, 5) is 9.63. The average Bonchev–Trinajstić information content (AvgIpc) is 3.00. The summed E-state index contributed by atoms with van der Waals surface area (Å²) in [6.45, 7) is 9.84. The molecule has 1 aliphatic rings. The molecule has 5 nitrogen and oxygen atoms in total.